The van der Waals surface area contributed by atoms with Crippen molar-refractivity contribution in [3.05, 3.63) is 0 Å². The van der Waals surface area contributed by atoms with Gasteiger partial charge in [0, 0.05) is 19.2 Å². The molecule has 2 heterocycles. The molecule has 110 valence electrons. The molecule has 2 saturated heterocycles. The van der Waals surface area contributed by atoms with E-state index in [2.05, 4.69) is 11.8 Å². The van der Waals surface area contributed by atoms with E-state index < -0.39 is 5.97 Å². The van der Waals surface area contributed by atoms with Gasteiger partial charge >= 0.3 is 5.97 Å². The lowest BCUT2D eigenvalue weighted by Crippen LogP contribution is -2.44. The Balaban J connectivity index is 1.88. The van der Waals surface area contributed by atoms with Crippen molar-refractivity contribution in [1.82, 2.24) is 4.90 Å². The van der Waals surface area contributed by atoms with E-state index in [0.717, 1.165) is 45.4 Å². The van der Waals surface area contributed by atoms with Gasteiger partial charge in [-0.15, -0.1) is 0 Å². The Morgan fingerprint density at radius 1 is 1.37 bits per heavy atom. The highest BCUT2D eigenvalue weighted by Crippen LogP contribution is 2.22. The molecule has 1 N–H and O–H groups in total. The molecule has 5 nitrogen and oxygen atoms in total. The number of carboxylic acids is 1. The van der Waals surface area contributed by atoms with E-state index in [4.69, 9.17) is 9.47 Å². The zero-order valence-electron chi connectivity index (χ0n) is 11.7. The molecule has 0 bridgehead atoms. The van der Waals surface area contributed by atoms with Crippen LogP contribution in [0, 0.1) is 5.92 Å². The summed E-state index contributed by atoms with van der Waals surface area (Å²) in [6.07, 6.45) is 4.70. The van der Waals surface area contributed by atoms with E-state index >= 15 is 0 Å². The van der Waals surface area contributed by atoms with Crippen LogP contribution in [0.2, 0.25) is 0 Å². The molecule has 3 unspecified atom stereocenters. The molecule has 0 aromatic carbocycles. The van der Waals surface area contributed by atoms with Crippen LogP contribution in [0.15, 0.2) is 0 Å². The maximum Gasteiger partial charge on any atom is 0.310 e. The molecule has 2 rings (SSSR count). The van der Waals surface area contributed by atoms with Crippen molar-refractivity contribution >= 4 is 5.97 Å². The molecule has 0 aromatic heterocycles. The molecular formula is C14H25NO4. The van der Waals surface area contributed by atoms with Crippen molar-refractivity contribution in [2.24, 2.45) is 5.92 Å². The van der Waals surface area contributed by atoms with Crippen LogP contribution in [0.5, 0.6) is 0 Å². The van der Waals surface area contributed by atoms with Gasteiger partial charge in [0.1, 0.15) is 0 Å². The number of carbonyl (C=O) groups is 1. The number of rotatable bonds is 7. The summed E-state index contributed by atoms with van der Waals surface area (Å²) < 4.78 is 11.0. The van der Waals surface area contributed by atoms with E-state index in [1.54, 1.807) is 0 Å². The van der Waals surface area contributed by atoms with Crippen molar-refractivity contribution < 1.29 is 19.4 Å². The first-order chi connectivity index (χ1) is 9.22. The predicted octanol–water partition coefficient (Wildman–Crippen LogP) is 1.37. The lowest BCUT2D eigenvalue weighted by molar-refractivity contribution is -0.143. The first-order valence-corrected chi connectivity index (χ1v) is 7.38. The van der Waals surface area contributed by atoms with Crippen LogP contribution in [0.4, 0.5) is 0 Å². The summed E-state index contributed by atoms with van der Waals surface area (Å²) in [4.78, 5) is 13.5. The van der Waals surface area contributed by atoms with Gasteiger partial charge in [0.15, 0.2) is 0 Å². The fourth-order valence-corrected chi connectivity index (χ4v) is 3.05. The molecule has 0 spiro atoms. The number of hydrogen-bond donors (Lipinski definition) is 1. The number of carboxylic acid groups (broad SMARTS) is 1. The van der Waals surface area contributed by atoms with Crippen molar-refractivity contribution in [3.63, 3.8) is 0 Å². The van der Waals surface area contributed by atoms with Crippen LogP contribution >= 0.6 is 0 Å². The summed E-state index contributed by atoms with van der Waals surface area (Å²) in [5, 5.41) is 9.25. The molecule has 0 saturated carbocycles. The summed E-state index contributed by atoms with van der Waals surface area (Å²) in [6, 6.07) is 0.0267. The smallest absolute Gasteiger partial charge is 0.310 e. The molecule has 0 aromatic rings. The monoisotopic (exact) mass is 271 g/mol. The Labute approximate surface area is 114 Å². The molecule has 0 aliphatic carbocycles. The van der Waals surface area contributed by atoms with Crippen LogP contribution in [-0.4, -0.2) is 61.0 Å². The Morgan fingerprint density at radius 2 is 2.21 bits per heavy atom. The number of ether oxygens (including phenoxy) is 2. The number of aliphatic carboxylic acids is 1. The molecule has 3 atom stereocenters. The lowest BCUT2D eigenvalue weighted by Gasteiger charge is -2.30. The highest BCUT2D eigenvalue weighted by molar-refractivity contribution is 5.71. The second kappa shape index (κ2) is 7.22. The van der Waals surface area contributed by atoms with Gasteiger partial charge in [-0.3, -0.25) is 9.69 Å². The summed E-state index contributed by atoms with van der Waals surface area (Å²) in [5.41, 5.74) is 0. The SMILES string of the molecule is CCCN(CCC1CCCO1)C1COCC1C(=O)O. The van der Waals surface area contributed by atoms with Gasteiger partial charge in [-0.1, -0.05) is 6.92 Å². The van der Waals surface area contributed by atoms with Crippen molar-refractivity contribution in [3.8, 4) is 0 Å². The third-order valence-electron chi connectivity index (χ3n) is 4.11. The van der Waals surface area contributed by atoms with Crippen molar-refractivity contribution in [2.75, 3.05) is 32.9 Å². The van der Waals surface area contributed by atoms with Crippen LogP contribution in [-0.2, 0) is 14.3 Å². The summed E-state index contributed by atoms with van der Waals surface area (Å²) >= 11 is 0. The number of nitrogens with zero attached hydrogens (tertiary/aromatic N) is 1. The van der Waals surface area contributed by atoms with E-state index in [-0.39, 0.29) is 12.0 Å². The highest BCUT2D eigenvalue weighted by Gasteiger charge is 2.37. The normalized spacial score (nSPS) is 31.2. The zero-order chi connectivity index (χ0) is 13.7. The quantitative estimate of drug-likeness (QED) is 0.758. The molecular weight excluding hydrogens is 246 g/mol. The van der Waals surface area contributed by atoms with Crippen LogP contribution < -0.4 is 0 Å². The predicted molar refractivity (Wildman–Crippen MR) is 71.2 cm³/mol. The highest BCUT2D eigenvalue weighted by atomic mass is 16.5. The Hall–Kier alpha value is -0.650. The van der Waals surface area contributed by atoms with Crippen LogP contribution in [0.3, 0.4) is 0 Å². The van der Waals surface area contributed by atoms with E-state index in [9.17, 15) is 9.90 Å². The summed E-state index contributed by atoms with van der Waals surface area (Å²) in [5.74, 6) is -1.11. The topological polar surface area (TPSA) is 59.0 Å². The average Bonchev–Trinajstić information content (AvgIpc) is 3.05. The van der Waals surface area contributed by atoms with E-state index in [1.807, 2.05) is 0 Å². The van der Waals surface area contributed by atoms with E-state index in [0.29, 0.717) is 19.3 Å². The van der Waals surface area contributed by atoms with Gasteiger partial charge < -0.3 is 14.6 Å². The summed E-state index contributed by atoms with van der Waals surface area (Å²) in [7, 11) is 0. The maximum absolute atomic E-state index is 11.2. The molecule has 0 amide bonds. The maximum atomic E-state index is 11.2. The minimum Gasteiger partial charge on any atom is -0.481 e. The van der Waals surface area contributed by atoms with Gasteiger partial charge in [-0.25, -0.2) is 0 Å². The molecule has 0 radical (unpaired) electrons. The number of hydrogen-bond acceptors (Lipinski definition) is 4. The first-order valence-electron chi connectivity index (χ1n) is 7.38. The minimum absolute atomic E-state index is 0.0267. The third-order valence-corrected chi connectivity index (χ3v) is 4.11. The van der Waals surface area contributed by atoms with Crippen LogP contribution in [0.25, 0.3) is 0 Å². The Kier molecular flexibility index (Phi) is 5.60. The van der Waals surface area contributed by atoms with Crippen molar-refractivity contribution in [2.45, 2.75) is 44.8 Å². The Morgan fingerprint density at radius 3 is 2.84 bits per heavy atom. The van der Waals surface area contributed by atoms with Gasteiger partial charge in [0.05, 0.1) is 25.2 Å². The second-order valence-electron chi connectivity index (χ2n) is 5.51. The van der Waals surface area contributed by atoms with Gasteiger partial charge in [-0.2, -0.15) is 0 Å². The molecule has 2 aliphatic rings. The molecule has 19 heavy (non-hydrogen) atoms. The van der Waals surface area contributed by atoms with Gasteiger partial charge in [0.25, 0.3) is 0 Å². The fourth-order valence-electron chi connectivity index (χ4n) is 3.05. The Bertz CT molecular complexity index is 291. The first kappa shape index (κ1) is 14.8. The van der Waals surface area contributed by atoms with Crippen LogP contribution in [0.1, 0.15) is 32.6 Å². The minimum atomic E-state index is -0.735. The fraction of sp³-hybridized carbons (Fsp3) is 0.929. The summed E-state index contributed by atoms with van der Waals surface area (Å²) in [6.45, 7) is 5.75. The standard InChI is InChI=1S/C14H25NO4/c1-2-6-15(7-5-11-4-3-8-19-11)13-10-18-9-12(13)14(16)17/h11-13H,2-10H2,1H3,(H,16,17). The van der Waals surface area contributed by atoms with Gasteiger partial charge in [0.2, 0.25) is 0 Å². The molecule has 2 aliphatic heterocycles. The molecule has 5 heteroatoms. The third kappa shape index (κ3) is 3.91. The zero-order valence-corrected chi connectivity index (χ0v) is 11.7. The second-order valence-corrected chi connectivity index (χ2v) is 5.51. The van der Waals surface area contributed by atoms with E-state index in [1.165, 1.54) is 0 Å². The lowest BCUT2D eigenvalue weighted by atomic mass is 10.0. The largest absolute Gasteiger partial charge is 0.481 e. The van der Waals surface area contributed by atoms with Gasteiger partial charge in [-0.05, 0) is 32.2 Å². The average molecular weight is 271 g/mol. The molecule has 2 fully saturated rings. The van der Waals surface area contributed by atoms with Crippen molar-refractivity contribution in [1.29, 1.82) is 0 Å².